The zero-order chi connectivity index (χ0) is 22.9. The van der Waals surface area contributed by atoms with Crippen molar-refractivity contribution in [3.8, 4) is 11.5 Å². The third-order valence-corrected chi connectivity index (χ3v) is 7.20. The predicted octanol–water partition coefficient (Wildman–Crippen LogP) is 2.91. The Bertz CT molecular complexity index is 814. The molecular weight excluding hydrogens is 420 g/mol. The van der Waals surface area contributed by atoms with Gasteiger partial charge in [-0.3, -0.25) is 9.69 Å². The van der Waals surface area contributed by atoms with Crippen molar-refractivity contribution < 1.29 is 27.4 Å². The number of rotatable bonds is 13. The fourth-order valence-electron chi connectivity index (χ4n) is 3.85. The van der Waals surface area contributed by atoms with Crippen LogP contribution in [-0.4, -0.2) is 75.6 Å². The summed E-state index contributed by atoms with van der Waals surface area (Å²) < 4.78 is 44.7. The summed E-state index contributed by atoms with van der Waals surface area (Å²) in [6.07, 6.45) is 2.00. The number of carbonyl (C=O) groups is 1. The van der Waals surface area contributed by atoms with Crippen molar-refractivity contribution in [3.63, 3.8) is 0 Å². The topological polar surface area (TPSA) is 85.4 Å². The highest BCUT2D eigenvalue weighted by atomic mass is 32.2. The van der Waals surface area contributed by atoms with Crippen LogP contribution in [0.25, 0.3) is 0 Å². The number of hydrogen-bond donors (Lipinski definition) is 0. The normalized spacial score (nSPS) is 17.1. The average molecular weight is 457 g/mol. The third kappa shape index (κ3) is 6.82. The highest BCUT2D eigenvalue weighted by Crippen LogP contribution is 2.32. The Morgan fingerprint density at radius 1 is 1.10 bits per heavy atom. The van der Waals surface area contributed by atoms with Crippen LogP contribution in [0, 0.1) is 0 Å². The molecule has 1 saturated heterocycles. The number of nitrogens with zero attached hydrogens (tertiary/aromatic N) is 2. The van der Waals surface area contributed by atoms with E-state index in [4.69, 9.17) is 14.2 Å². The second-order valence-electron chi connectivity index (χ2n) is 7.32. The standard InChI is InChI=1S/C22H36N2O6S/c1-5-23-14-9-10-18(23)17-24(15-13-22(25)30-8-4)31(26,27)19-11-12-20(28-6-2)21(16-19)29-7-3/h11-12,16,18H,5-10,13-15,17H2,1-4H3/t18-/m0/s1. The molecule has 1 aromatic carbocycles. The van der Waals surface area contributed by atoms with E-state index < -0.39 is 16.0 Å². The average Bonchev–Trinajstić information content (AvgIpc) is 3.20. The van der Waals surface area contributed by atoms with Crippen molar-refractivity contribution in [2.24, 2.45) is 0 Å². The van der Waals surface area contributed by atoms with Crippen LogP contribution in [0.3, 0.4) is 0 Å². The van der Waals surface area contributed by atoms with E-state index in [1.807, 2.05) is 13.8 Å². The zero-order valence-electron chi connectivity index (χ0n) is 19.1. The molecule has 8 nitrogen and oxygen atoms in total. The second-order valence-corrected chi connectivity index (χ2v) is 9.26. The van der Waals surface area contributed by atoms with Gasteiger partial charge in [0.15, 0.2) is 11.5 Å². The second kappa shape index (κ2) is 12.3. The lowest BCUT2D eigenvalue weighted by atomic mass is 10.2. The van der Waals surface area contributed by atoms with Crippen molar-refractivity contribution in [1.82, 2.24) is 9.21 Å². The molecule has 0 aromatic heterocycles. The summed E-state index contributed by atoms with van der Waals surface area (Å²) in [5, 5.41) is 0. The van der Waals surface area contributed by atoms with Gasteiger partial charge in [0.25, 0.3) is 0 Å². The minimum Gasteiger partial charge on any atom is -0.490 e. The number of ether oxygens (including phenoxy) is 3. The first-order valence-corrected chi connectivity index (χ1v) is 12.6. The Morgan fingerprint density at radius 2 is 1.81 bits per heavy atom. The molecule has 1 fully saturated rings. The summed E-state index contributed by atoms with van der Waals surface area (Å²) in [6, 6.07) is 4.80. The van der Waals surface area contributed by atoms with Crippen LogP contribution < -0.4 is 9.47 Å². The van der Waals surface area contributed by atoms with E-state index in [9.17, 15) is 13.2 Å². The lowest BCUT2D eigenvalue weighted by Crippen LogP contribution is -2.43. The maximum absolute atomic E-state index is 13.6. The molecule has 2 rings (SSSR count). The Morgan fingerprint density at radius 3 is 2.45 bits per heavy atom. The van der Waals surface area contributed by atoms with E-state index in [0.29, 0.717) is 31.3 Å². The van der Waals surface area contributed by atoms with Gasteiger partial charge in [-0.1, -0.05) is 6.92 Å². The van der Waals surface area contributed by atoms with Crippen LogP contribution in [0.15, 0.2) is 23.1 Å². The van der Waals surface area contributed by atoms with E-state index in [0.717, 1.165) is 25.9 Å². The molecule has 0 bridgehead atoms. The van der Waals surface area contributed by atoms with Crippen LogP contribution in [-0.2, 0) is 19.6 Å². The fraction of sp³-hybridized carbons (Fsp3) is 0.682. The molecule has 9 heteroatoms. The number of likely N-dealkylation sites (N-methyl/N-ethyl adjacent to an activating group) is 1. The molecule has 1 aliphatic heterocycles. The first kappa shape index (κ1) is 25.4. The van der Waals surface area contributed by atoms with Gasteiger partial charge >= 0.3 is 5.97 Å². The van der Waals surface area contributed by atoms with Crippen molar-refractivity contribution >= 4 is 16.0 Å². The Kier molecular flexibility index (Phi) is 10.1. The van der Waals surface area contributed by atoms with Crippen LogP contribution in [0.1, 0.15) is 47.0 Å². The van der Waals surface area contributed by atoms with Crippen molar-refractivity contribution in [3.05, 3.63) is 18.2 Å². The molecule has 1 atom stereocenters. The largest absolute Gasteiger partial charge is 0.490 e. The molecule has 31 heavy (non-hydrogen) atoms. The van der Waals surface area contributed by atoms with Crippen LogP contribution in [0.5, 0.6) is 11.5 Å². The third-order valence-electron chi connectivity index (χ3n) is 5.34. The van der Waals surface area contributed by atoms with E-state index >= 15 is 0 Å². The summed E-state index contributed by atoms with van der Waals surface area (Å²) in [7, 11) is -3.84. The smallest absolute Gasteiger partial charge is 0.307 e. The van der Waals surface area contributed by atoms with Crippen LogP contribution in [0.4, 0.5) is 0 Å². The van der Waals surface area contributed by atoms with E-state index in [-0.39, 0.29) is 30.5 Å². The Balaban J connectivity index is 2.32. The lowest BCUT2D eigenvalue weighted by Gasteiger charge is -2.29. The summed E-state index contributed by atoms with van der Waals surface area (Å²) in [6.45, 7) is 10.9. The number of sulfonamides is 1. The molecule has 1 heterocycles. The number of esters is 1. The molecule has 0 aliphatic carbocycles. The fourth-order valence-corrected chi connectivity index (χ4v) is 5.35. The first-order chi connectivity index (χ1) is 14.9. The molecule has 176 valence electrons. The molecule has 0 N–H and O–H groups in total. The van der Waals surface area contributed by atoms with Gasteiger partial charge in [0.2, 0.25) is 10.0 Å². The minimum atomic E-state index is -3.84. The predicted molar refractivity (Wildman–Crippen MR) is 119 cm³/mol. The maximum atomic E-state index is 13.6. The van der Waals surface area contributed by atoms with Gasteiger partial charge in [0.05, 0.1) is 31.1 Å². The Hall–Kier alpha value is -1.84. The van der Waals surface area contributed by atoms with Crippen LogP contribution >= 0.6 is 0 Å². The van der Waals surface area contributed by atoms with Gasteiger partial charge in [0.1, 0.15) is 0 Å². The van der Waals surface area contributed by atoms with Gasteiger partial charge in [-0.05, 0) is 58.8 Å². The van der Waals surface area contributed by atoms with Gasteiger partial charge in [0, 0.05) is 25.2 Å². The summed E-state index contributed by atoms with van der Waals surface area (Å²) >= 11 is 0. The number of likely N-dealkylation sites (tertiary alicyclic amines) is 1. The molecule has 0 radical (unpaired) electrons. The molecule has 0 unspecified atom stereocenters. The van der Waals surface area contributed by atoms with E-state index in [1.54, 1.807) is 13.0 Å². The molecule has 1 aromatic rings. The van der Waals surface area contributed by atoms with Crippen molar-refractivity contribution in [2.45, 2.75) is 57.9 Å². The van der Waals surface area contributed by atoms with E-state index in [1.165, 1.54) is 16.4 Å². The first-order valence-electron chi connectivity index (χ1n) is 11.2. The Labute approximate surface area is 186 Å². The molecule has 1 aliphatic rings. The molecule has 0 spiro atoms. The summed E-state index contributed by atoms with van der Waals surface area (Å²) in [5.74, 6) is 0.504. The van der Waals surface area contributed by atoms with Crippen LogP contribution in [0.2, 0.25) is 0 Å². The van der Waals surface area contributed by atoms with Crippen molar-refractivity contribution in [2.75, 3.05) is 46.0 Å². The summed E-state index contributed by atoms with van der Waals surface area (Å²) in [4.78, 5) is 14.4. The van der Waals surface area contributed by atoms with Gasteiger partial charge < -0.3 is 14.2 Å². The highest BCUT2D eigenvalue weighted by molar-refractivity contribution is 7.89. The number of benzene rings is 1. The van der Waals surface area contributed by atoms with Crippen molar-refractivity contribution in [1.29, 1.82) is 0 Å². The molecular formula is C22H36N2O6S. The molecule has 0 saturated carbocycles. The molecule has 0 amide bonds. The highest BCUT2D eigenvalue weighted by Gasteiger charge is 2.32. The quantitative estimate of drug-likeness (QED) is 0.422. The number of hydrogen-bond acceptors (Lipinski definition) is 7. The maximum Gasteiger partial charge on any atom is 0.307 e. The van der Waals surface area contributed by atoms with E-state index in [2.05, 4.69) is 11.8 Å². The summed E-state index contributed by atoms with van der Waals surface area (Å²) in [5.41, 5.74) is 0. The van der Waals surface area contributed by atoms with Gasteiger partial charge in [-0.15, -0.1) is 0 Å². The van der Waals surface area contributed by atoms with Gasteiger partial charge in [-0.25, -0.2) is 8.42 Å². The lowest BCUT2D eigenvalue weighted by molar-refractivity contribution is -0.143. The minimum absolute atomic E-state index is 0.0151. The monoisotopic (exact) mass is 456 g/mol. The number of carbonyl (C=O) groups excluding carboxylic acids is 1. The SMILES string of the molecule is CCOC(=O)CCN(C[C@@H]1CCCN1CC)S(=O)(=O)c1ccc(OCC)c(OCC)c1. The zero-order valence-corrected chi connectivity index (χ0v) is 19.9. The van der Waals surface area contributed by atoms with Gasteiger partial charge in [-0.2, -0.15) is 4.31 Å².